The van der Waals surface area contributed by atoms with E-state index < -0.39 is 5.24 Å². The molecule has 0 saturated carbocycles. The lowest BCUT2D eigenvalue weighted by molar-refractivity contribution is 0.270. The second-order valence-electron chi connectivity index (χ2n) is 2.87. The van der Waals surface area contributed by atoms with Crippen LogP contribution >= 0.6 is 24.2 Å². The van der Waals surface area contributed by atoms with E-state index >= 15 is 0 Å². The topological polar surface area (TPSA) is 29.1 Å². The molecule has 0 aliphatic heterocycles. The molecule has 0 spiro atoms. The standard InChI is InChI=1S/C9H10ClNOS/c1-5-3-6(2)8(7(10)4-5)11-9(12)13/h3-4H,1-2H3,(H2,11,12,13). The number of nitrogens with one attached hydrogen (secondary N) is 1. The summed E-state index contributed by atoms with van der Waals surface area (Å²) in [7, 11) is 0. The van der Waals surface area contributed by atoms with Crippen LogP contribution in [-0.2, 0) is 0 Å². The van der Waals surface area contributed by atoms with E-state index in [0.717, 1.165) is 11.1 Å². The van der Waals surface area contributed by atoms with Gasteiger partial charge in [-0.2, -0.15) is 0 Å². The van der Waals surface area contributed by atoms with Crippen LogP contribution in [-0.4, -0.2) is 5.24 Å². The van der Waals surface area contributed by atoms with Crippen LogP contribution in [0.25, 0.3) is 0 Å². The SMILES string of the molecule is Cc1cc(C)c(NC(=O)S)c(Cl)c1. The van der Waals surface area contributed by atoms with E-state index in [1.54, 1.807) is 6.07 Å². The molecule has 0 atom stereocenters. The van der Waals surface area contributed by atoms with Crippen LogP contribution in [0.3, 0.4) is 0 Å². The third kappa shape index (κ3) is 2.64. The average Bonchev–Trinajstić information content (AvgIpc) is 1.96. The predicted molar refractivity (Wildman–Crippen MR) is 58.9 cm³/mol. The van der Waals surface area contributed by atoms with Crippen LogP contribution in [0.15, 0.2) is 12.1 Å². The molecule has 4 heteroatoms. The summed E-state index contributed by atoms with van der Waals surface area (Å²) >= 11 is 9.55. The largest absolute Gasteiger partial charge is 0.315 e. The fourth-order valence-corrected chi connectivity index (χ4v) is 1.66. The Morgan fingerprint density at radius 1 is 1.46 bits per heavy atom. The molecule has 0 radical (unpaired) electrons. The highest BCUT2D eigenvalue weighted by molar-refractivity contribution is 7.96. The maximum Gasteiger partial charge on any atom is 0.280 e. The zero-order valence-corrected chi connectivity index (χ0v) is 9.04. The average molecular weight is 216 g/mol. The van der Waals surface area contributed by atoms with Crippen molar-refractivity contribution in [2.45, 2.75) is 13.8 Å². The molecular weight excluding hydrogens is 206 g/mol. The summed E-state index contributed by atoms with van der Waals surface area (Å²) < 4.78 is 0. The first-order chi connectivity index (χ1) is 6.00. The molecule has 0 saturated heterocycles. The first-order valence-electron chi connectivity index (χ1n) is 3.77. The van der Waals surface area contributed by atoms with Gasteiger partial charge in [-0.25, -0.2) is 0 Å². The van der Waals surface area contributed by atoms with Gasteiger partial charge < -0.3 is 5.32 Å². The predicted octanol–water partition coefficient (Wildman–Crippen LogP) is 3.42. The van der Waals surface area contributed by atoms with Gasteiger partial charge in [0, 0.05) is 0 Å². The zero-order valence-electron chi connectivity index (χ0n) is 7.39. The monoisotopic (exact) mass is 215 g/mol. The third-order valence-electron chi connectivity index (χ3n) is 1.66. The van der Waals surface area contributed by atoms with Crippen molar-refractivity contribution in [3.63, 3.8) is 0 Å². The Balaban J connectivity index is 3.13. The highest BCUT2D eigenvalue weighted by atomic mass is 35.5. The van der Waals surface area contributed by atoms with Crippen LogP contribution < -0.4 is 5.32 Å². The van der Waals surface area contributed by atoms with Gasteiger partial charge in [-0.1, -0.05) is 30.3 Å². The number of amides is 1. The van der Waals surface area contributed by atoms with Crippen molar-refractivity contribution in [2.24, 2.45) is 0 Å². The van der Waals surface area contributed by atoms with Gasteiger partial charge in [-0.3, -0.25) is 4.79 Å². The lowest BCUT2D eigenvalue weighted by Gasteiger charge is -2.09. The number of aryl methyl sites for hydroxylation is 2. The number of carbonyl (C=O) groups excluding carboxylic acids is 1. The quantitative estimate of drug-likeness (QED) is 0.691. The van der Waals surface area contributed by atoms with Crippen molar-refractivity contribution < 1.29 is 4.79 Å². The molecule has 13 heavy (non-hydrogen) atoms. The smallest absolute Gasteiger partial charge is 0.280 e. The lowest BCUT2D eigenvalue weighted by atomic mass is 10.1. The van der Waals surface area contributed by atoms with E-state index in [1.165, 1.54) is 0 Å². The maximum absolute atomic E-state index is 10.7. The normalized spacial score (nSPS) is 9.85. The highest BCUT2D eigenvalue weighted by Crippen LogP contribution is 2.27. The Kier molecular flexibility index (Phi) is 3.22. The van der Waals surface area contributed by atoms with E-state index in [1.807, 2.05) is 19.9 Å². The van der Waals surface area contributed by atoms with Crippen LogP contribution in [0.1, 0.15) is 11.1 Å². The zero-order chi connectivity index (χ0) is 10.0. The summed E-state index contributed by atoms with van der Waals surface area (Å²) in [4.78, 5) is 10.7. The molecule has 0 bridgehead atoms. The second kappa shape index (κ2) is 4.03. The van der Waals surface area contributed by atoms with Gasteiger partial charge in [0.2, 0.25) is 0 Å². The van der Waals surface area contributed by atoms with E-state index in [-0.39, 0.29) is 0 Å². The van der Waals surface area contributed by atoms with E-state index in [0.29, 0.717) is 10.7 Å². The molecular formula is C9H10ClNOS. The Bertz CT molecular complexity index is 328. The molecule has 1 aromatic rings. The van der Waals surface area contributed by atoms with Crippen LogP contribution in [0.2, 0.25) is 5.02 Å². The molecule has 2 nitrogen and oxygen atoms in total. The van der Waals surface area contributed by atoms with Crippen LogP contribution in [0, 0.1) is 13.8 Å². The first kappa shape index (κ1) is 10.4. The summed E-state index contributed by atoms with van der Waals surface area (Å²) in [5.41, 5.74) is 2.64. The van der Waals surface area contributed by atoms with Crippen LogP contribution in [0.5, 0.6) is 0 Å². The Morgan fingerprint density at radius 3 is 2.54 bits per heavy atom. The Morgan fingerprint density at radius 2 is 2.08 bits per heavy atom. The van der Waals surface area contributed by atoms with Crippen molar-refractivity contribution >= 4 is 35.2 Å². The van der Waals surface area contributed by atoms with Crippen LogP contribution in [0.4, 0.5) is 10.5 Å². The van der Waals surface area contributed by atoms with Crippen molar-refractivity contribution in [1.29, 1.82) is 0 Å². The molecule has 0 aromatic heterocycles. The lowest BCUT2D eigenvalue weighted by Crippen LogP contribution is -2.03. The molecule has 0 fully saturated rings. The minimum atomic E-state index is -0.408. The molecule has 0 unspecified atom stereocenters. The molecule has 1 N–H and O–H groups in total. The fourth-order valence-electron chi connectivity index (χ4n) is 1.18. The number of thiol groups is 1. The van der Waals surface area contributed by atoms with E-state index in [4.69, 9.17) is 11.6 Å². The molecule has 1 aromatic carbocycles. The number of rotatable bonds is 1. The molecule has 0 aliphatic rings. The maximum atomic E-state index is 10.7. The Hall–Kier alpha value is -0.670. The summed E-state index contributed by atoms with van der Waals surface area (Å²) in [5, 5.41) is 2.69. The number of halogens is 1. The van der Waals surface area contributed by atoms with Gasteiger partial charge in [-0.05, 0) is 31.0 Å². The summed E-state index contributed by atoms with van der Waals surface area (Å²) in [6.45, 7) is 3.84. The number of carbonyl (C=O) groups is 1. The van der Waals surface area contributed by atoms with Gasteiger partial charge >= 0.3 is 0 Å². The second-order valence-corrected chi connectivity index (χ2v) is 3.68. The Labute approximate surface area is 87.7 Å². The highest BCUT2D eigenvalue weighted by Gasteiger charge is 2.06. The first-order valence-corrected chi connectivity index (χ1v) is 4.60. The van der Waals surface area contributed by atoms with Gasteiger partial charge in [-0.15, -0.1) is 0 Å². The molecule has 70 valence electrons. The van der Waals surface area contributed by atoms with Gasteiger partial charge in [0.25, 0.3) is 5.24 Å². The van der Waals surface area contributed by atoms with Gasteiger partial charge in [0.15, 0.2) is 0 Å². The summed E-state index contributed by atoms with van der Waals surface area (Å²) in [5.74, 6) is 0. The minimum absolute atomic E-state index is 0.408. The third-order valence-corrected chi connectivity index (χ3v) is 2.07. The summed E-state index contributed by atoms with van der Waals surface area (Å²) in [6, 6.07) is 3.75. The molecule has 0 aliphatic carbocycles. The van der Waals surface area contributed by atoms with E-state index in [9.17, 15) is 4.79 Å². The summed E-state index contributed by atoms with van der Waals surface area (Å²) in [6.07, 6.45) is 0. The molecule has 1 rings (SSSR count). The minimum Gasteiger partial charge on any atom is -0.315 e. The van der Waals surface area contributed by atoms with Gasteiger partial charge in [0.05, 0.1) is 10.7 Å². The van der Waals surface area contributed by atoms with Gasteiger partial charge in [0.1, 0.15) is 0 Å². The van der Waals surface area contributed by atoms with Crippen molar-refractivity contribution in [3.8, 4) is 0 Å². The number of anilines is 1. The number of hydrogen-bond donors (Lipinski definition) is 2. The van der Waals surface area contributed by atoms with Crippen molar-refractivity contribution in [2.75, 3.05) is 5.32 Å². The van der Waals surface area contributed by atoms with Crippen molar-refractivity contribution in [3.05, 3.63) is 28.3 Å². The fraction of sp³-hybridized carbons (Fsp3) is 0.222. The molecule has 0 heterocycles. The van der Waals surface area contributed by atoms with E-state index in [2.05, 4.69) is 17.9 Å². The molecule has 1 amide bonds. The number of benzene rings is 1. The number of hydrogen-bond acceptors (Lipinski definition) is 1. The van der Waals surface area contributed by atoms with Crippen molar-refractivity contribution in [1.82, 2.24) is 0 Å².